The highest BCUT2D eigenvalue weighted by atomic mass is 16.4. The number of benzene rings is 2. The second-order valence-electron chi connectivity index (χ2n) is 6.63. The van der Waals surface area contributed by atoms with Crippen molar-refractivity contribution in [2.75, 3.05) is 10.6 Å². The van der Waals surface area contributed by atoms with E-state index in [1.165, 1.54) is 6.92 Å². The molecule has 0 radical (unpaired) electrons. The molecule has 0 aliphatic rings. The van der Waals surface area contributed by atoms with Gasteiger partial charge in [-0.05, 0) is 43.0 Å². The lowest BCUT2D eigenvalue weighted by atomic mass is 10.0. The Labute approximate surface area is 164 Å². The zero-order chi connectivity index (χ0) is 20.5. The average molecular weight is 383 g/mol. The number of aliphatic carboxylic acids is 1. The van der Waals surface area contributed by atoms with Crippen LogP contribution in [0.5, 0.6) is 0 Å². The molecule has 0 saturated heterocycles. The average Bonchev–Trinajstić information content (AvgIpc) is 2.63. The topological polar surface area (TPSA) is 108 Å². The summed E-state index contributed by atoms with van der Waals surface area (Å²) >= 11 is 0. The summed E-state index contributed by atoms with van der Waals surface area (Å²) in [6, 6.07) is 14.1. The highest BCUT2D eigenvalue weighted by Gasteiger charge is 2.15. The number of nitrogens with one attached hydrogen (secondary N) is 3. The summed E-state index contributed by atoms with van der Waals surface area (Å²) in [7, 11) is 0. The van der Waals surface area contributed by atoms with Crippen molar-refractivity contribution >= 4 is 29.3 Å². The smallest absolute Gasteiger partial charge is 0.319 e. The van der Waals surface area contributed by atoms with Crippen LogP contribution in [0, 0.1) is 6.92 Å². The Hall–Kier alpha value is -3.35. The van der Waals surface area contributed by atoms with Gasteiger partial charge in [-0.15, -0.1) is 0 Å². The zero-order valence-corrected chi connectivity index (χ0v) is 16.0. The largest absolute Gasteiger partial charge is 0.481 e. The van der Waals surface area contributed by atoms with Gasteiger partial charge in [0, 0.05) is 30.8 Å². The first-order valence-electron chi connectivity index (χ1n) is 9.05. The Morgan fingerprint density at radius 3 is 2.39 bits per heavy atom. The molecule has 2 aromatic carbocycles. The first kappa shape index (κ1) is 21.0. The number of aryl methyl sites for hydroxylation is 1. The van der Waals surface area contributed by atoms with E-state index in [1.807, 2.05) is 37.3 Å². The third-order valence-electron chi connectivity index (χ3n) is 4.17. The number of amides is 3. The number of carbonyl (C=O) groups excluding carboxylic acids is 2. The third-order valence-corrected chi connectivity index (χ3v) is 4.17. The van der Waals surface area contributed by atoms with Gasteiger partial charge in [-0.3, -0.25) is 9.59 Å². The lowest BCUT2D eigenvalue weighted by molar-refractivity contribution is -0.137. The molecule has 1 atom stereocenters. The molecule has 0 saturated carbocycles. The van der Waals surface area contributed by atoms with Gasteiger partial charge in [-0.1, -0.05) is 36.4 Å². The molecule has 7 heteroatoms. The van der Waals surface area contributed by atoms with E-state index in [9.17, 15) is 14.4 Å². The SMILES string of the molecule is CC(=O)Nc1ccc(C)c(NC(=O)NC(CCC(=O)O)Cc2ccccc2)c1. The highest BCUT2D eigenvalue weighted by molar-refractivity contribution is 5.93. The maximum absolute atomic E-state index is 12.5. The minimum atomic E-state index is -0.904. The van der Waals surface area contributed by atoms with Gasteiger partial charge in [0.15, 0.2) is 0 Å². The molecule has 2 rings (SSSR count). The zero-order valence-electron chi connectivity index (χ0n) is 16.0. The first-order valence-corrected chi connectivity index (χ1v) is 9.05. The van der Waals surface area contributed by atoms with Crippen molar-refractivity contribution in [2.24, 2.45) is 0 Å². The summed E-state index contributed by atoms with van der Waals surface area (Å²) in [5.74, 6) is -1.10. The molecule has 0 aliphatic carbocycles. The van der Waals surface area contributed by atoms with Crippen LogP contribution in [0.3, 0.4) is 0 Å². The fourth-order valence-electron chi connectivity index (χ4n) is 2.80. The van der Waals surface area contributed by atoms with Crippen molar-refractivity contribution in [1.82, 2.24) is 5.32 Å². The second-order valence-corrected chi connectivity index (χ2v) is 6.63. The van der Waals surface area contributed by atoms with E-state index >= 15 is 0 Å². The van der Waals surface area contributed by atoms with Gasteiger partial charge >= 0.3 is 12.0 Å². The number of carboxylic acids is 1. The molecule has 1 unspecified atom stereocenters. The maximum Gasteiger partial charge on any atom is 0.319 e. The maximum atomic E-state index is 12.5. The van der Waals surface area contributed by atoms with Crippen molar-refractivity contribution < 1.29 is 19.5 Å². The standard InChI is InChI=1S/C21H25N3O4/c1-14-8-9-18(22-15(2)25)13-19(14)24-21(28)23-17(10-11-20(26)27)12-16-6-4-3-5-7-16/h3-9,13,17H,10-12H2,1-2H3,(H,22,25)(H,26,27)(H2,23,24,28). The van der Waals surface area contributed by atoms with Crippen LogP contribution in [0.2, 0.25) is 0 Å². The quantitative estimate of drug-likeness (QED) is 0.559. The number of hydrogen-bond donors (Lipinski definition) is 4. The summed E-state index contributed by atoms with van der Waals surface area (Å²) in [6.07, 6.45) is 0.823. The molecule has 148 valence electrons. The first-order chi connectivity index (χ1) is 13.3. The van der Waals surface area contributed by atoms with Gasteiger partial charge in [-0.2, -0.15) is 0 Å². The van der Waals surface area contributed by atoms with Crippen molar-refractivity contribution in [3.63, 3.8) is 0 Å². The predicted molar refractivity (Wildman–Crippen MR) is 108 cm³/mol. The molecule has 4 N–H and O–H groups in total. The van der Waals surface area contributed by atoms with Crippen LogP contribution in [-0.4, -0.2) is 29.1 Å². The summed E-state index contributed by atoms with van der Waals surface area (Å²) in [5.41, 5.74) is 3.01. The van der Waals surface area contributed by atoms with E-state index in [2.05, 4.69) is 16.0 Å². The lowest BCUT2D eigenvalue weighted by Crippen LogP contribution is -2.39. The third kappa shape index (κ3) is 7.11. The van der Waals surface area contributed by atoms with Crippen LogP contribution < -0.4 is 16.0 Å². The molecule has 3 amide bonds. The van der Waals surface area contributed by atoms with Crippen molar-refractivity contribution in [3.05, 3.63) is 59.7 Å². The Kier molecular flexibility index (Phi) is 7.56. The Bertz CT molecular complexity index is 837. The molecule has 28 heavy (non-hydrogen) atoms. The van der Waals surface area contributed by atoms with E-state index in [1.54, 1.807) is 18.2 Å². The number of urea groups is 1. The summed E-state index contributed by atoms with van der Waals surface area (Å²) in [6.45, 7) is 3.26. The molecular formula is C21H25N3O4. The van der Waals surface area contributed by atoms with Crippen molar-refractivity contribution in [3.8, 4) is 0 Å². The molecule has 7 nitrogen and oxygen atoms in total. The van der Waals surface area contributed by atoms with E-state index in [0.717, 1.165) is 11.1 Å². The van der Waals surface area contributed by atoms with Crippen molar-refractivity contribution in [1.29, 1.82) is 0 Å². The van der Waals surface area contributed by atoms with Crippen LogP contribution >= 0.6 is 0 Å². The van der Waals surface area contributed by atoms with Crippen LogP contribution in [-0.2, 0) is 16.0 Å². The number of hydrogen-bond acceptors (Lipinski definition) is 3. The Morgan fingerprint density at radius 1 is 1.04 bits per heavy atom. The van der Waals surface area contributed by atoms with Gasteiger partial charge in [0.1, 0.15) is 0 Å². The molecule has 0 aliphatic heterocycles. The number of rotatable bonds is 8. The molecule has 0 fully saturated rings. The molecule has 0 bridgehead atoms. The monoisotopic (exact) mass is 383 g/mol. The number of anilines is 2. The van der Waals surface area contributed by atoms with Crippen molar-refractivity contribution in [2.45, 2.75) is 39.2 Å². The number of carbonyl (C=O) groups is 3. The summed E-state index contributed by atoms with van der Waals surface area (Å²) < 4.78 is 0. The second kappa shape index (κ2) is 10.1. The van der Waals surface area contributed by atoms with Crippen LogP contribution in [0.4, 0.5) is 16.2 Å². The van der Waals surface area contributed by atoms with Crippen LogP contribution in [0.15, 0.2) is 48.5 Å². The van der Waals surface area contributed by atoms with E-state index in [-0.39, 0.29) is 18.4 Å². The summed E-state index contributed by atoms with van der Waals surface area (Å²) in [5, 5.41) is 17.3. The highest BCUT2D eigenvalue weighted by Crippen LogP contribution is 2.20. The minimum absolute atomic E-state index is 0.0329. The normalized spacial score (nSPS) is 11.4. The fourth-order valence-corrected chi connectivity index (χ4v) is 2.80. The minimum Gasteiger partial charge on any atom is -0.481 e. The molecule has 0 heterocycles. The molecule has 2 aromatic rings. The fraction of sp³-hybridized carbons (Fsp3) is 0.286. The van der Waals surface area contributed by atoms with Gasteiger partial charge < -0.3 is 21.1 Å². The van der Waals surface area contributed by atoms with Gasteiger partial charge in [0.25, 0.3) is 0 Å². The van der Waals surface area contributed by atoms with Crippen LogP contribution in [0.25, 0.3) is 0 Å². The predicted octanol–water partition coefficient (Wildman–Crippen LogP) is 3.55. The van der Waals surface area contributed by atoms with Crippen LogP contribution in [0.1, 0.15) is 30.9 Å². The van der Waals surface area contributed by atoms with Gasteiger partial charge in [-0.25, -0.2) is 4.79 Å². The van der Waals surface area contributed by atoms with E-state index in [4.69, 9.17) is 5.11 Å². The van der Waals surface area contributed by atoms with Gasteiger partial charge in [0.2, 0.25) is 5.91 Å². The van der Waals surface area contributed by atoms with E-state index in [0.29, 0.717) is 24.2 Å². The van der Waals surface area contributed by atoms with Gasteiger partial charge in [0.05, 0.1) is 0 Å². The summed E-state index contributed by atoms with van der Waals surface area (Å²) in [4.78, 5) is 34.6. The molecular weight excluding hydrogens is 358 g/mol. The molecule has 0 aromatic heterocycles. The molecule has 0 spiro atoms. The lowest BCUT2D eigenvalue weighted by Gasteiger charge is -2.19. The number of carboxylic acid groups (broad SMARTS) is 1. The Morgan fingerprint density at radius 2 is 1.75 bits per heavy atom. The Balaban J connectivity index is 2.05. The van der Waals surface area contributed by atoms with E-state index < -0.39 is 12.0 Å².